The van der Waals surface area contributed by atoms with Crippen LogP contribution in [0.25, 0.3) is 22.3 Å². The first-order valence-corrected chi connectivity index (χ1v) is 18.2. The van der Waals surface area contributed by atoms with Gasteiger partial charge in [0.25, 0.3) is 0 Å². The molecule has 3 fully saturated rings. The molecule has 5 N–H and O–H groups in total. The van der Waals surface area contributed by atoms with Crippen LogP contribution in [-0.4, -0.2) is 83.8 Å². The number of carbonyl (C=O) groups is 3. The van der Waals surface area contributed by atoms with E-state index in [9.17, 15) is 24.3 Å². The fraction of sp³-hybridized carbons (Fsp3) is 0.333. The Balaban J connectivity index is 0.841. The van der Waals surface area contributed by atoms with E-state index in [1.807, 2.05) is 12.1 Å². The van der Waals surface area contributed by atoms with Crippen molar-refractivity contribution in [3.63, 3.8) is 0 Å². The number of carbonyl (C=O) groups excluding carboxylic acids is 3. The number of imide groups is 1. The van der Waals surface area contributed by atoms with Gasteiger partial charge in [-0.3, -0.25) is 28.8 Å². The highest BCUT2D eigenvalue weighted by atomic mass is 16.3. The monoisotopic (exact) mass is 741 g/mol. The van der Waals surface area contributed by atoms with Crippen molar-refractivity contribution in [2.75, 3.05) is 35.2 Å². The molecule has 0 aliphatic carbocycles. The molecule has 2 aromatic carbocycles. The van der Waals surface area contributed by atoms with E-state index >= 15 is 0 Å². The van der Waals surface area contributed by atoms with Gasteiger partial charge in [-0.1, -0.05) is 24.0 Å². The van der Waals surface area contributed by atoms with Gasteiger partial charge in [0.05, 0.1) is 28.8 Å². The molecule has 16 nitrogen and oxygen atoms in total. The van der Waals surface area contributed by atoms with Crippen LogP contribution >= 0.6 is 0 Å². The summed E-state index contributed by atoms with van der Waals surface area (Å²) in [5.41, 5.74) is 10.5. The van der Waals surface area contributed by atoms with Crippen LogP contribution in [0.1, 0.15) is 49.3 Å². The molecule has 3 aliphatic heterocycles. The number of para-hydroxylation sites is 1. The Morgan fingerprint density at radius 1 is 1.00 bits per heavy atom. The Hall–Kier alpha value is -6.76. The lowest BCUT2D eigenvalue weighted by atomic mass is 10.1. The van der Waals surface area contributed by atoms with Gasteiger partial charge in [-0.15, -0.1) is 10.2 Å². The number of nitrogen functional groups attached to an aromatic ring is 1. The molecule has 6 heterocycles. The Morgan fingerprint density at radius 3 is 2.51 bits per heavy atom. The quantitative estimate of drug-likeness (QED) is 0.102. The molecule has 5 aromatic rings. The number of benzene rings is 2. The summed E-state index contributed by atoms with van der Waals surface area (Å²) in [6.07, 6.45) is 6.36. The maximum Gasteiger partial charge on any atom is 0.329 e. The summed E-state index contributed by atoms with van der Waals surface area (Å²) in [4.78, 5) is 63.6. The minimum atomic E-state index is -0.749. The number of rotatable bonds is 8. The molecule has 0 spiro atoms. The number of hydrogen-bond acceptors (Lipinski definition) is 12. The second-order valence-electron chi connectivity index (χ2n) is 14.1. The number of phenolic OH excluding ortho intramolecular Hbond substituents is 1. The first-order valence-electron chi connectivity index (χ1n) is 18.2. The summed E-state index contributed by atoms with van der Waals surface area (Å²) < 4.78 is 2.90. The number of anilines is 3. The van der Waals surface area contributed by atoms with Crippen LogP contribution in [0.5, 0.6) is 5.75 Å². The number of aromatic hydroxyl groups is 1. The normalized spacial score (nSPS) is 19.3. The third-order valence-electron chi connectivity index (χ3n) is 10.5. The summed E-state index contributed by atoms with van der Waals surface area (Å²) >= 11 is 0. The van der Waals surface area contributed by atoms with Gasteiger partial charge in [0.1, 0.15) is 11.8 Å². The summed E-state index contributed by atoms with van der Waals surface area (Å²) in [5, 5.41) is 24.0. The molecule has 3 aliphatic rings. The van der Waals surface area contributed by atoms with Gasteiger partial charge in [0.15, 0.2) is 5.82 Å². The van der Waals surface area contributed by atoms with Crippen LogP contribution in [0.2, 0.25) is 0 Å². The average molecular weight is 742 g/mol. The van der Waals surface area contributed by atoms with Crippen LogP contribution < -0.4 is 31.9 Å². The van der Waals surface area contributed by atoms with Crippen LogP contribution in [-0.2, 0) is 27.9 Å². The first kappa shape index (κ1) is 35.3. The first-order chi connectivity index (χ1) is 26.6. The van der Waals surface area contributed by atoms with Crippen molar-refractivity contribution >= 4 is 46.2 Å². The van der Waals surface area contributed by atoms with Crippen molar-refractivity contribution in [3.05, 3.63) is 82.5 Å². The molecule has 3 saturated heterocycles. The molecule has 3 amide bonds. The molecular formula is C39H39N11O5. The zero-order valence-electron chi connectivity index (χ0n) is 30.1. The Morgan fingerprint density at radius 2 is 1.76 bits per heavy atom. The second-order valence-corrected chi connectivity index (χ2v) is 14.1. The average Bonchev–Trinajstić information content (AvgIpc) is 3.58. The van der Waals surface area contributed by atoms with Crippen molar-refractivity contribution in [2.45, 2.75) is 56.7 Å². The second kappa shape index (κ2) is 14.6. The number of aryl methyl sites for hydroxylation is 1. The fourth-order valence-electron chi connectivity index (χ4n) is 7.81. The minimum Gasteiger partial charge on any atom is -0.507 e. The molecule has 280 valence electrons. The largest absolute Gasteiger partial charge is 0.507 e. The number of fused-ring (bicyclic) bond motifs is 3. The number of piperazine rings is 1. The molecule has 2 bridgehead atoms. The zero-order valence-corrected chi connectivity index (χ0v) is 30.1. The van der Waals surface area contributed by atoms with Crippen molar-refractivity contribution in [1.29, 1.82) is 0 Å². The SMILES string of the molecule is Cn1c(=O)n(C2CCC(=O)NC2=O)c2ccc(C#CCCNC(=O)Cc3cnc(N4C5CCC4CN(c4cc(-c6ccccc6O)nnc4N)C5)nc3)cc21. The number of amides is 3. The molecular weight excluding hydrogens is 703 g/mol. The number of hydrogen-bond donors (Lipinski definition) is 4. The third kappa shape index (κ3) is 6.92. The number of imidazole rings is 1. The highest BCUT2D eigenvalue weighted by molar-refractivity contribution is 6.00. The van der Waals surface area contributed by atoms with Gasteiger partial charge in [-0.25, -0.2) is 14.8 Å². The lowest BCUT2D eigenvalue weighted by Gasteiger charge is -2.42. The lowest BCUT2D eigenvalue weighted by molar-refractivity contribution is -0.135. The molecule has 55 heavy (non-hydrogen) atoms. The van der Waals surface area contributed by atoms with Crippen molar-refractivity contribution in [3.8, 4) is 28.8 Å². The number of aromatic nitrogens is 6. The Labute approximate surface area is 315 Å². The van der Waals surface area contributed by atoms with E-state index in [4.69, 9.17) is 5.73 Å². The minimum absolute atomic E-state index is 0.130. The number of nitrogens with zero attached hydrogens (tertiary/aromatic N) is 8. The number of nitrogens with two attached hydrogens (primary N) is 1. The van der Waals surface area contributed by atoms with Crippen LogP contribution in [0, 0.1) is 11.8 Å². The zero-order chi connectivity index (χ0) is 38.2. The van der Waals surface area contributed by atoms with Crippen molar-refractivity contribution in [2.24, 2.45) is 7.05 Å². The van der Waals surface area contributed by atoms with E-state index in [1.165, 1.54) is 9.13 Å². The number of piperidine rings is 1. The molecule has 8 rings (SSSR count). The third-order valence-corrected chi connectivity index (χ3v) is 10.5. The predicted octanol–water partition coefficient (Wildman–Crippen LogP) is 1.81. The maximum absolute atomic E-state index is 13.0. The molecule has 3 atom stereocenters. The van der Waals surface area contributed by atoms with Gasteiger partial charge in [0, 0.05) is 75.1 Å². The topological polar surface area (TPSA) is 206 Å². The number of nitrogens with one attached hydrogen (secondary N) is 2. The predicted molar refractivity (Wildman–Crippen MR) is 204 cm³/mol. The summed E-state index contributed by atoms with van der Waals surface area (Å²) in [5.74, 6) is 6.28. The van der Waals surface area contributed by atoms with Gasteiger partial charge in [-0.05, 0) is 61.2 Å². The molecule has 0 saturated carbocycles. The van der Waals surface area contributed by atoms with Gasteiger partial charge < -0.3 is 26.0 Å². The van der Waals surface area contributed by atoms with Crippen LogP contribution in [0.15, 0.2) is 65.7 Å². The summed E-state index contributed by atoms with van der Waals surface area (Å²) in [6.45, 7) is 1.77. The maximum atomic E-state index is 13.0. The highest BCUT2D eigenvalue weighted by Crippen LogP contribution is 2.38. The summed E-state index contributed by atoms with van der Waals surface area (Å²) in [7, 11) is 1.64. The van der Waals surface area contributed by atoms with Gasteiger partial charge in [0.2, 0.25) is 23.7 Å². The fourth-order valence-corrected chi connectivity index (χ4v) is 7.81. The smallest absolute Gasteiger partial charge is 0.329 e. The molecule has 0 radical (unpaired) electrons. The van der Waals surface area contributed by atoms with Gasteiger partial charge >= 0.3 is 5.69 Å². The van der Waals surface area contributed by atoms with Crippen molar-refractivity contribution in [1.82, 2.24) is 39.9 Å². The Bertz CT molecular complexity index is 2430. The van der Waals surface area contributed by atoms with Crippen LogP contribution in [0.3, 0.4) is 0 Å². The van der Waals surface area contributed by atoms with Gasteiger partial charge in [-0.2, -0.15) is 0 Å². The standard InChI is InChI=1S/C39H39N11O5/c1-47-31-16-23(9-12-29(31)50(39(47)55)30-13-14-34(52)44-37(30)54)6-4-5-15-41-35(53)17-24-19-42-38(43-20-24)49-25-10-11-26(49)22-48(21-25)32-18-28(45-46-36(32)40)27-7-2-3-8-33(27)51/h2-3,7-9,12,16,18-20,25-26,30,51H,5,10-11,13-15,17,21-22H2,1H3,(H2,40,46)(H,41,53)(H,44,52,54). The molecule has 3 aromatic heterocycles. The molecule has 3 unspecified atom stereocenters. The van der Waals surface area contributed by atoms with E-state index in [0.717, 1.165) is 18.5 Å². The summed E-state index contributed by atoms with van der Waals surface area (Å²) in [6, 6.07) is 13.8. The van der Waals surface area contributed by atoms with E-state index < -0.39 is 11.9 Å². The van der Waals surface area contributed by atoms with E-state index in [0.29, 0.717) is 71.2 Å². The number of phenols is 1. The van der Waals surface area contributed by atoms with Crippen molar-refractivity contribution < 1.29 is 19.5 Å². The van der Waals surface area contributed by atoms with Crippen LogP contribution in [0.4, 0.5) is 17.5 Å². The highest BCUT2D eigenvalue weighted by Gasteiger charge is 2.42. The van der Waals surface area contributed by atoms with E-state index in [2.05, 4.69) is 52.4 Å². The molecule has 16 heteroatoms. The van der Waals surface area contributed by atoms with E-state index in [1.54, 1.807) is 55.8 Å². The Kier molecular flexibility index (Phi) is 9.35. The lowest BCUT2D eigenvalue weighted by Crippen LogP contribution is -2.54. The van der Waals surface area contributed by atoms with E-state index in [-0.39, 0.29) is 54.6 Å².